The zero-order valence-electron chi connectivity index (χ0n) is 19.5. The lowest BCUT2D eigenvalue weighted by Crippen LogP contribution is -2.61. The molecule has 2 fully saturated rings. The molecular formula is C24H34N2O6. The molecule has 1 spiro atoms. The van der Waals surface area contributed by atoms with Crippen molar-refractivity contribution in [3.05, 3.63) is 24.3 Å². The molecule has 0 radical (unpaired) electrons. The summed E-state index contributed by atoms with van der Waals surface area (Å²) >= 11 is 0. The van der Waals surface area contributed by atoms with E-state index in [4.69, 9.17) is 9.47 Å². The van der Waals surface area contributed by atoms with Gasteiger partial charge in [-0.05, 0) is 40.5 Å². The van der Waals surface area contributed by atoms with Gasteiger partial charge in [0.2, 0.25) is 11.8 Å². The topological polar surface area (TPSA) is 96.4 Å². The third kappa shape index (κ3) is 3.14. The molecule has 4 heterocycles. The average Bonchev–Trinajstić information content (AvgIpc) is 3.02. The molecule has 4 rings (SSSR count). The minimum atomic E-state index is -1.32. The third-order valence-electron chi connectivity index (χ3n) is 7.34. The van der Waals surface area contributed by atoms with Crippen molar-refractivity contribution in [1.82, 2.24) is 9.80 Å². The normalized spacial score (nSPS) is 37.9. The Bertz CT molecular complexity index is 872. The maximum atomic E-state index is 14.0. The molecule has 32 heavy (non-hydrogen) atoms. The van der Waals surface area contributed by atoms with E-state index in [9.17, 15) is 19.5 Å². The number of nitrogens with zero attached hydrogens (tertiary/aromatic N) is 2. The Morgan fingerprint density at radius 3 is 2.50 bits per heavy atom. The number of fused-ring (bicyclic) bond motifs is 2. The van der Waals surface area contributed by atoms with E-state index in [0.717, 1.165) is 0 Å². The van der Waals surface area contributed by atoms with E-state index >= 15 is 0 Å². The summed E-state index contributed by atoms with van der Waals surface area (Å²) in [5.41, 5.74) is -2.88. The Morgan fingerprint density at radius 2 is 1.88 bits per heavy atom. The highest BCUT2D eigenvalue weighted by atomic mass is 16.6. The van der Waals surface area contributed by atoms with E-state index in [2.05, 4.69) is 0 Å². The molecule has 8 nitrogen and oxygen atoms in total. The van der Waals surface area contributed by atoms with Gasteiger partial charge in [-0.1, -0.05) is 31.2 Å². The van der Waals surface area contributed by atoms with E-state index in [1.54, 1.807) is 11.8 Å². The van der Waals surface area contributed by atoms with Crippen molar-refractivity contribution in [2.75, 3.05) is 19.8 Å². The van der Waals surface area contributed by atoms with Crippen LogP contribution in [0.3, 0.4) is 0 Å². The first-order chi connectivity index (χ1) is 15.0. The summed E-state index contributed by atoms with van der Waals surface area (Å²) in [4.78, 5) is 44.3. The van der Waals surface area contributed by atoms with Crippen LogP contribution < -0.4 is 0 Å². The minimum absolute atomic E-state index is 0.236. The molecule has 4 aliphatic rings. The predicted octanol–water partition coefficient (Wildman–Crippen LogP) is 1.43. The van der Waals surface area contributed by atoms with Gasteiger partial charge in [0, 0.05) is 12.1 Å². The van der Waals surface area contributed by atoms with E-state index in [0.29, 0.717) is 19.4 Å². The SMILES string of the molecule is CC[C@@H](CO)N1C(=O)[C@@H]2[C@H]3C(=O)OCCC=C[C@@]3(C)O[C@@]23C=CCN(C(C)(C)C)C(=O)C13. The Labute approximate surface area is 189 Å². The molecular weight excluding hydrogens is 412 g/mol. The van der Waals surface area contributed by atoms with Crippen LogP contribution in [0.2, 0.25) is 0 Å². The highest BCUT2D eigenvalue weighted by Gasteiger charge is 2.75. The summed E-state index contributed by atoms with van der Waals surface area (Å²) in [6.45, 7) is 9.83. The molecule has 0 bridgehead atoms. The number of cyclic esters (lactones) is 1. The van der Waals surface area contributed by atoms with Crippen molar-refractivity contribution in [2.24, 2.45) is 11.8 Å². The maximum absolute atomic E-state index is 14.0. The molecule has 1 unspecified atom stereocenters. The summed E-state index contributed by atoms with van der Waals surface area (Å²) in [6, 6.07) is -1.52. The monoisotopic (exact) mass is 446 g/mol. The van der Waals surface area contributed by atoms with Gasteiger partial charge in [-0.2, -0.15) is 0 Å². The smallest absolute Gasteiger partial charge is 0.313 e. The first-order valence-electron chi connectivity index (χ1n) is 11.5. The van der Waals surface area contributed by atoms with Crippen LogP contribution in [-0.2, 0) is 23.9 Å². The second-order valence-electron chi connectivity index (χ2n) is 10.4. The van der Waals surface area contributed by atoms with Crippen LogP contribution in [0, 0.1) is 11.8 Å². The van der Waals surface area contributed by atoms with Crippen LogP contribution in [0.4, 0.5) is 0 Å². The molecule has 0 aliphatic carbocycles. The summed E-state index contributed by atoms with van der Waals surface area (Å²) in [6.07, 6.45) is 8.46. The number of amides is 2. The first kappa shape index (κ1) is 23.0. The van der Waals surface area contributed by atoms with Gasteiger partial charge < -0.3 is 24.4 Å². The minimum Gasteiger partial charge on any atom is -0.465 e. The lowest BCUT2D eigenvalue weighted by molar-refractivity contribution is -0.163. The molecule has 8 heteroatoms. The van der Waals surface area contributed by atoms with Gasteiger partial charge >= 0.3 is 5.97 Å². The van der Waals surface area contributed by atoms with Crippen molar-refractivity contribution in [2.45, 2.75) is 76.3 Å². The lowest BCUT2D eigenvalue weighted by atomic mass is 9.74. The van der Waals surface area contributed by atoms with E-state index in [-0.39, 0.29) is 25.0 Å². The van der Waals surface area contributed by atoms with E-state index in [1.807, 2.05) is 52.0 Å². The Hall–Kier alpha value is -2.19. The molecule has 0 saturated carbocycles. The number of rotatable bonds is 3. The molecule has 2 saturated heterocycles. The number of carbonyl (C=O) groups is 3. The Morgan fingerprint density at radius 1 is 1.16 bits per heavy atom. The van der Waals surface area contributed by atoms with Crippen LogP contribution in [0.25, 0.3) is 0 Å². The lowest BCUT2D eigenvalue weighted by Gasteiger charge is -2.42. The maximum Gasteiger partial charge on any atom is 0.313 e. The fraction of sp³-hybridized carbons (Fsp3) is 0.708. The van der Waals surface area contributed by atoms with Gasteiger partial charge in [0.05, 0.1) is 30.8 Å². The Kier molecular flexibility index (Phi) is 5.53. The summed E-state index contributed by atoms with van der Waals surface area (Å²) in [5.74, 6) is -2.85. The molecule has 6 atom stereocenters. The predicted molar refractivity (Wildman–Crippen MR) is 116 cm³/mol. The van der Waals surface area contributed by atoms with Crippen LogP contribution >= 0.6 is 0 Å². The van der Waals surface area contributed by atoms with Crippen molar-refractivity contribution in [1.29, 1.82) is 0 Å². The number of hydrogen-bond donors (Lipinski definition) is 1. The van der Waals surface area contributed by atoms with E-state index in [1.165, 1.54) is 4.90 Å². The summed E-state index contributed by atoms with van der Waals surface area (Å²) in [7, 11) is 0. The number of ether oxygens (including phenoxy) is 2. The fourth-order valence-electron chi connectivity index (χ4n) is 5.84. The average molecular weight is 447 g/mol. The second-order valence-corrected chi connectivity index (χ2v) is 10.4. The van der Waals surface area contributed by atoms with E-state index < -0.39 is 46.6 Å². The number of hydrogen-bond acceptors (Lipinski definition) is 6. The summed E-state index contributed by atoms with van der Waals surface area (Å²) in [5, 5.41) is 10.1. The highest BCUT2D eigenvalue weighted by Crippen LogP contribution is 2.57. The van der Waals surface area contributed by atoms with Crippen molar-refractivity contribution in [3.8, 4) is 0 Å². The van der Waals surface area contributed by atoms with Crippen LogP contribution in [0.1, 0.15) is 47.5 Å². The molecule has 176 valence electrons. The molecule has 4 aliphatic heterocycles. The molecule has 2 amide bonds. The van der Waals surface area contributed by atoms with Crippen molar-refractivity contribution >= 4 is 17.8 Å². The highest BCUT2D eigenvalue weighted by molar-refractivity contribution is 5.99. The number of carbonyl (C=O) groups excluding carboxylic acids is 3. The standard InChI is InChI=1S/C24H34N2O6/c1-6-15(14-27)26-18-20(29)25(22(2,3)4)12-9-11-24(18)16(19(26)28)17-21(30)31-13-8-7-10-23(17,5)32-24/h7,9-11,15-18,27H,6,8,12-14H2,1-5H3/t15-,16-,17-,18?,23+,24-/m0/s1. The number of esters is 1. The fourth-order valence-corrected chi connectivity index (χ4v) is 5.84. The third-order valence-corrected chi connectivity index (χ3v) is 7.34. The zero-order valence-corrected chi connectivity index (χ0v) is 19.5. The number of aliphatic hydroxyl groups excluding tert-OH is 1. The van der Waals surface area contributed by atoms with Crippen LogP contribution in [0.15, 0.2) is 24.3 Å². The Balaban J connectivity index is 1.93. The number of aliphatic hydroxyl groups is 1. The van der Waals surface area contributed by atoms with Crippen molar-refractivity contribution in [3.63, 3.8) is 0 Å². The van der Waals surface area contributed by atoms with Crippen LogP contribution in [0.5, 0.6) is 0 Å². The molecule has 0 aromatic rings. The first-order valence-corrected chi connectivity index (χ1v) is 11.5. The van der Waals surface area contributed by atoms with Gasteiger partial charge in [-0.3, -0.25) is 14.4 Å². The van der Waals surface area contributed by atoms with Crippen LogP contribution in [-0.4, -0.2) is 81.3 Å². The largest absolute Gasteiger partial charge is 0.465 e. The van der Waals surface area contributed by atoms with Gasteiger partial charge in [0.15, 0.2) is 0 Å². The molecule has 1 N–H and O–H groups in total. The van der Waals surface area contributed by atoms with Gasteiger partial charge in [0.1, 0.15) is 17.6 Å². The van der Waals surface area contributed by atoms with Crippen molar-refractivity contribution < 1.29 is 29.0 Å². The quantitative estimate of drug-likeness (QED) is 0.520. The zero-order chi connectivity index (χ0) is 23.5. The summed E-state index contributed by atoms with van der Waals surface area (Å²) < 4.78 is 12.1. The van der Waals surface area contributed by atoms with Gasteiger partial charge in [-0.15, -0.1) is 0 Å². The van der Waals surface area contributed by atoms with Gasteiger partial charge in [-0.25, -0.2) is 0 Å². The second kappa shape index (κ2) is 7.70. The molecule has 0 aromatic carbocycles. The number of likely N-dealkylation sites (tertiary alicyclic amines) is 1. The molecule has 0 aromatic heterocycles. The van der Waals surface area contributed by atoms with Gasteiger partial charge in [0.25, 0.3) is 0 Å².